The fourth-order valence-corrected chi connectivity index (χ4v) is 1.22. The summed E-state index contributed by atoms with van der Waals surface area (Å²) >= 11 is 5.81. The van der Waals surface area contributed by atoms with Gasteiger partial charge in [0.25, 0.3) is 0 Å². The van der Waals surface area contributed by atoms with Gasteiger partial charge in [0.1, 0.15) is 0 Å². The molecule has 0 N–H and O–H groups in total. The molecule has 59 valence electrons. The average Bonchev–Trinajstić information content (AvgIpc) is 2.01. The topological polar surface area (TPSA) is 0 Å². The summed E-state index contributed by atoms with van der Waals surface area (Å²) in [5.41, 5.74) is 1.32. The third-order valence-corrected chi connectivity index (χ3v) is 1.85. The number of hydrogen-bond donors (Lipinski definition) is 0. The van der Waals surface area contributed by atoms with Crippen molar-refractivity contribution in [2.75, 3.05) is 0 Å². The summed E-state index contributed by atoms with van der Waals surface area (Å²) in [6.07, 6.45) is 4.39. The molecule has 0 aliphatic heterocycles. The van der Waals surface area contributed by atoms with E-state index in [1.807, 2.05) is 18.2 Å². The van der Waals surface area contributed by atoms with Crippen molar-refractivity contribution in [3.05, 3.63) is 41.3 Å². The summed E-state index contributed by atoms with van der Waals surface area (Å²) in [6.45, 7) is 2.07. The first-order valence-corrected chi connectivity index (χ1v) is 4.23. The average molecular weight is 168 g/mol. The van der Waals surface area contributed by atoms with Crippen LogP contribution in [-0.2, 0) is 6.42 Å². The summed E-state index contributed by atoms with van der Waals surface area (Å²) < 4.78 is 0. The molecule has 0 aliphatic carbocycles. The van der Waals surface area contributed by atoms with Crippen LogP contribution in [0.1, 0.15) is 18.9 Å². The molecule has 0 fully saturated rings. The second-order valence-electron chi connectivity index (χ2n) is 2.58. The second kappa shape index (κ2) is 4.40. The molecule has 0 nitrogen and oxygen atoms in total. The Balaban J connectivity index is 2.56. The Morgan fingerprint density at radius 1 is 1.45 bits per heavy atom. The van der Waals surface area contributed by atoms with Crippen molar-refractivity contribution in [2.45, 2.75) is 19.8 Å². The monoisotopic (exact) mass is 167 g/mol. The van der Waals surface area contributed by atoms with Crippen molar-refractivity contribution in [3.8, 4) is 0 Å². The van der Waals surface area contributed by atoms with Gasteiger partial charge in [-0.1, -0.05) is 30.7 Å². The molecule has 0 aromatic heterocycles. The van der Waals surface area contributed by atoms with E-state index in [2.05, 4.69) is 19.4 Å². The summed E-state index contributed by atoms with van der Waals surface area (Å²) in [4.78, 5) is 0. The molecule has 1 radical (unpaired) electrons. The molecule has 1 aromatic carbocycles. The van der Waals surface area contributed by atoms with Gasteiger partial charge in [-0.25, -0.2) is 0 Å². The molecule has 0 atom stereocenters. The molecule has 0 aliphatic rings. The van der Waals surface area contributed by atoms with E-state index in [0.29, 0.717) is 0 Å². The highest BCUT2D eigenvalue weighted by molar-refractivity contribution is 6.30. The standard InChI is InChI=1S/C10H12Cl/c1-2-3-5-9-6-4-7-10(11)8-9/h2,4,6-8H,3,5H2,1H3. The van der Waals surface area contributed by atoms with E-state index in [1.54, 1.807) is 0 Å². The number of aryl methyl sites for hydroxylation is 1. The van der Waals surface area contributed by atoms with Crippen LogP contribution in [0.4, 0.5) is 0 Å². The predicted octanol–water partition coefficient (Wildman–Crippen LogP) is 3.50. The lowest BCUT2D eigenvalue weighted by Gasteiger charge is -1.98. The maximum Gasteiger partial charge on any atom is 0.0408 e. The first-order valence-electron chi connectivity index (χ1n) is 3.85. The van der Waals surface area contributed by atoms with Gasteiger partial charge in [-0.3, -0.25) is 0 Å². The lowest BCUT2D eigenvalue weighted by molar-refractivity contribution is 0.937. The summed E-state index contributed by atoms with van der Waals surface area (Å²) in [5, 5.41) is 0.832. The quantitative estimate of drug-likeness (QED) is 0.647. The zero-order valence-electron chi connectivity index (χ0n) is 6.68. The molecule has 1 heteroatoms. The summed E-state index contributed by atoms with van der Waals surface area (Å²) in [6, 6.07) is 8.02. The van der Waals surface area contributed by atoms with Crippen LogP contribution in [0.3, 0.4) is 0 Å². The van der Waals surface area contributed by atoms with E-state index in [9.17, 15) is 0 Å². The third kappa shape index (κ3) is 2.94. The van der Waals surface area contributed by atoms with Gasteiger partial charge >= 0.3 is 0 Å². The highest BCUT2D eigenvalue weighted by atomic mass is 35.5. The van der Waals surface area contributed by atoms with E-state index in [1.165, 1.54) is 5.56 Å². The minimum atomic E-state index is 0.832. The van der Waals surface area contributed by atoms with Crippen molar-refractivity contribution < 1.29 is 0 Å². The summed E-state index contributed by atoms with van der Waals surface area (Å²) in [5.74, 6) is 0. The van der Waals surface area contributed by atoms with Gasteiger partial charge in [0.05, 0.1) is 0 Å². The Kier molecular flexibility index (Phi) is 3.44. The molecule has 11 heavy (non-hydrogen) atoms. The molecular formula is C10H12Cl. The molecule has 0 saturated heterocycles. The van der Waals surface area contributed by atoms with Crippen molar-refractivity contribution in [2.24, 2.45) is 0 Å². The Bertz CT molecular complexity index is 218. The van der Waals surface area contributed by atoms with Gasteiger partial charge in [0.15, 0.2) is 0 Å². The van der Waals surface area contributed by atoms with E-state index < -0.39 is 0 Å². The van der Waals surface area contributed by atoms with Crippen molar-refractivity contribution in [1.82, 2.24) is 0 Å². The maximum absolute atomic E-state index is 5.81. The lowest BCUT2D eigenvalue weighted by Crippen LogP contribution is -1.83. The van der Waals surface area contributed by atoms with Crippen molar-refractivity contribution in [3.63, 3.8) is 0 Å². The SMILES string of the molecule is C[CH]CCc1cccc(Cl)c1. The molecule has 0 amide bonds. The Hall–Kier alpha value is -0.490. The minimum Gasteiger partial charge on any atom is -0.0843 e. The van der Waals surface area contributed by atoms with E-state index in [0.717, 1.165) is 17.9 Å². The predicted molar refractivity (Wildman–Crippen MR) is 49.7 cm³/mol. The van der Waals surface area contributed by atoms with Crippen molar-refractivity contribution in [1.29, 1.82) is 0 Å². The molecule has 0 heterocycles. The van der Waals surface area contributed by atoms with Crippen LogP contribution < -0.4 is 0 Å². The summed E-state index contributed by atoms with van der Waals surface area (Å²) in [7, 11) is 0. The van der Waals surface area contributed by atoms with E-state index in [4.69, 9.17) is 11.6 Å². The smallest absolute Gasteiger partial charge is 0.0408 e. The highest BCUT2D eigenvalue weighted by Crippen LogP contribution is 2.12. The van der Waals surface area contributed by atoms with Crippen molar-refractivity contribution >= 4 is 11.6 Å². The van der Waals surface area contributed by atoms with E-state index in [-0.39, 0.29) is 0 Å². The normalized spacial score (nSPS) is 10.0. The van der Waals surface area contributed by atoms with Crippen LogP contribution in [0.25, 0.3) is 0 Å². The first-order chi connectivity index (χ1) is 5.33. The first kappa shape index (κ1) is 8.61. The molecule has 0 saturated carbocycles. The molecule has 1 rings (SSSR count). The second-order valence-corrected chi connectivity index (χ2v) is 3.01. The Labute approximate surface area is 73.2 Å². The maximum atomic E-state index is 5.81. The van der Waals surface area contributed by atoms with Crippen LogP contribution in [-0.4, -0.2) is 0 Å². The number of halogens is 1. The molecule has 0 spiro atoms. The highest BCUT2D eigenvalue weighted by Gasteiger charge is 1.92. The van der Waals surface area contributed by atoms with Gasteiger partial charge in [-0.15, -0.1) is 0 Å². The fraction of sp³-hybridized carbons (Fsp3) is 0.300. The number of hydrogen-bond acceptors (Lipinski definition) is 0. The molecule has 0 bridgehead atoms. The van der Waals surface area contributed by atoms with E-state index >= 15 is 0 Å². The minimum absolute atomic E-state index is 0.832. The lowest BCUT2D eigenvalue weighted by atomic mass is 10.1. The van der Waals surface area contributed by atoms with Crippen LogP contribution in [0.2, 0.25) is 5.02 Å². The molecule has 0 unspecified atom stereocenters. The zero-order chi connectivity index (χ0) is 8.10. The van der Waals surface area contributed by atoms with Gasteiger partial charge in [-0.2, -0.15) is 0 Å². The number of unbranched alkanes of at least 4 members (excludes halogenated alkanes) is 1. The third-order valence-electron chi connectivity index (χ3n) is 1.61. The van der Waals surface area contributed by atoms with Crippen LogP contribution in [0.5, 0.6) is 0 Å². The molecule has 1 aromatic rings. The van der Waals surface area contributed by atoms with Gasteiger partial charge in [0, 0.05) is 5.02 Å². The molecular weight excluding hydrogens is 156 g/mol. The van der Waals surface area contributed by atoms with Crippen LogP contribution in [0, 0.1) is 6.42 Å². The largest absolute Gasteiger partial charge is 0.0843 e. The zero-order valence-corrected chi connectivity index (χ0v) is 7.43. The van der Waals surface area contributed by atoms with Gasteiger partial charge < -0.3 is 0 Å². The Morgan fingerprint density at radius 2 is 2.27 bits per heavy atom. The van der Waals surface area contributed by atoms with Gasteiger partial charge in [-0.05, 0) is 37.0 Å². The Morgan fingerprint density at radius 3 is 2.91 bits per heavy atom. The fourth-order valence-electron chi connectivity index (χ4n) is 1.00. The van der Waals surface area contributed by atoms with Gasteiger partial charge in [0.2, 0.25) is 0 Å². The van der Waals surface area contributed by atoms with Crippen LogP contribution >= 0.6 is 11.6 Å². The van der Waals surface area contributed by atoms with Crippen LogP contribution in [0.15, 0.2) is 24.3 Å². The number of rotatable bonds is 3. The number of benzene rings is 1.